The van der Waals surface area contributed by atoms with E-state index in [4.69, 9.17) is 5.26 Å². The molecule has 0 saturated carbocycles. The van der Waals surface area contributed by atoms with Gasteiger partial charge in [0.05, 0.1) is 11.8 Å². The van der Waals surface area contributed by atoms with Gasteiger partial charge in [0.15, 0.2) is 0 Å². The van der Waals surface area contributed by atoms with E-state index in [9.17, 15) is 8.42 Å². The molecule has 0 rings (SSSR count). The molecule has 11 heavy (non-hydrogen) atoms. The number of nitrogens with zero attached hydrogens (tertiary/aromatic N) is 2. The summed E-state index contributed by atoms with van der Waals surface area (Å²) in [4.78, 5) is 0. The molecule has 0 aromatic carbocycles. The normalized spacial score (nSPS) is 11.5. The quantitative estimate of drug-likeness (QED) is 0.574. The molecule has 0 unspecified atom stereocenters. The number of rotatable bonds is 4. The molecule has 64 valence electrons. The first-order valence-corrected chi connectivity index (χ1v) is 4.96. The lowest BCUT2D eigenvalue weighted by atomic mass is 10.6. The van der Waals surface area contributed by atoms with Gasteiger partial charge in [-0.3, -0.25) is 0 Å². The molecule has 0 atom stereocenters. The molecule has 0 fully saturated rings. The summed E-state index contributed by atoms with van der Waals surface area (Å²) in [6, 6.07) is 1.78. The van der Waals surface area contributed by atoms with E-state index < -0.39 is 10.0 Å². The van der Waals surface area contributed by atoms with E-state index in [2.05, 4.69) is 0 Å². The van der Waals surface area contributed by atoms with Gasteiger partial charge in [0.25, 0.3) is 0 Å². The van der Waals surface area contributed by atoms with Crippen molar-refractivity contribution in [3.8, 4) is 6.07 Å². The van der Waals surface area contributed by atoms with Crippen molar-refractivity contribution in [1.29, 1.82) is 5.26 Å². The molecule has 0 spiro atoms. The van der Waals surface area contributed by atoms with Crippen molar-refractivity contribution in [1.82, 2.24) is 4.31 Å². The lowest BCUT2D eigenvalue weighted by molar-refractivity contribution is 0.500. The maximum Gasteiger partial charge on any atom is 0.214 e. The molecule has 0 aliphatic heterocycles. The van der Waals surface area contributed by atoms with Crippen LogP contribution >= 0.6 is 0 Å². The third-order valence-electron chi connectivity index (χ3n) is 1.23. The van der Waals surface area contributed by atoms with Gasteiger partial charge >= 0.3 is 0 Å². The van der Waals surface area contributed by atoms with Crippen LogP contribution in [0.15, 0.2) is 0 Å². The molecule has 0 radical (unpaired) electrons. The molecular formula is C6H12N2O2S. The zero-order valence-corrected chi connectivity index (χ0v) is 7.56. The third kappa shape index (κ3) is 3.35. The van der Waals surface area contributed by atoms with Gasteiger partial charge in [0.2, 0.25) is 10.0 Å². The second-order valence-electron chi connectivity index (χ2n) is 2.23. The zero-order chi connectivity index (χ0) is 8.91. The standard InChI is InChI=1S/C6H12N2O2S/c1-3-6-11(9,10)8(2)5-4-7/h3,5-6H2,1-2H3. The smallest absolute Gasteiger partial charge is 0.212 e. The van der Waals surface area contributed by atoms with Crippen LogP contribution < -0.4 is 0 Å². The summed E-state index contributed by atoms with van der Waals surface area (Å²) in [5.41, 5.74) is 0. The molecule has 0 aromatic heterocycles. The average molecular weight is 176 g/mol. The fourth-order valence-electron chi connectivity index (χ4n) is 0.612. The van der Waals surface area contributed by atoms with Crippen molar-refractivity contribution < 1.29 is 8.42 Å². The summed E-state index contributed by atoms with van der Waals surface area (Å²) in [7, 11) is -1.75. The number of hydrogen-bond acceptors (Lipinski definition) is 3. The van der Waals surface area contributed by atoms with Gasteiger partial charge in [-0.1, -0.05) is 6.92 Å². The molecule has 4 nitrogen and oxygen atoms in total. The minimum Gasteiger partial charge on any atom is -0.212 e. The minimum atomic E-state index is -3.16. The Morgan fingerprint density at radius 3 is 2.45 bits per heavy atom. The lowest BCUT2D eigenvalue weighted by Gasteiger charge is -2.11. The summed E-state index contributed by atoms with van der Waals surface area (Å²) in [6.07, 6.45) is 0.581. The first-order chi connectivity index (χ1) is 5.04. The number of sulfonamides is 1. The largest absolute Gasteiger partial charge is 0.214 e. The van der Waals surface area contributed by atoms with Crippen molar-refractivity contribution in [2.24, 2.45) is 0 Å². The topological polar surface area (TPSA) is 61.2 Å². The van der Waals surface area contributed by atoms with Gasteiger partial charge < -0.3 is 0 Å². The van der Waals surface area contributed by atoms with Gasteiger partial charge in [-0.2, -0.15) is 9.57 Å². The summed E-state index contributed by atoms with van der Waals surface area (Å²) in [5, 5.41) is 8.21. The zero-order valence-electron chi connectivity index (χ0n) is 6.74. The van der Waals surface area contributed by atoms with Crippen molar-refractivity contribution >= 4 is 10.0 Å². The second kappa shape index (κ2) is 4.31. The Kier molecular flexibility index (Phi) is 4.08. The van der Waals surface area contributed by atoms with Crippen LogP contribution in [0.25, 0.3) is 0 Å². The van der Waals surface area contributed by atoms with Gasteiger partial charge in [-0.25, -0.2) is 8.42 Å². The van der Waals surface area contributed by atoms with E-state index in [-0.39, 0.29) is 12.3 Å². The van der Waals surface area contributed by atoms with Crippen LogP contribution in [0, 0.1) is 11.3 Å². The second-order valence-corrected chi connectivity index (χ2v) is 4.43. The monoisotopic (exact) mass is 176 g/mol. The summed E-state index contributed by atoms with van der Waals surface area (Å²) in [5.74, 6) is 0.116. The van der Waals surface area contributed by atoms with E-state index in [1.54, 1.807) is 13.0 Å². The van der Waals surface area contributed by atoms with Crippen LogP contribution in [0.3, 0.4) is 0 Å². The minimum absolute atomic E-state index is 0.0671. The molecule has 0 heterocycles. The Hall–Kier alpha value is -0.600. The van der Waals surface area contributed by atoms with E-state index in [1.165, 1.54) is 7.05 Å². The summed E-state index contributed by atoms with van der Waals surface area (Å²) >= 11 is 0. The van der Waals surface area contributed by atoms with Gasteiger partial charge in [-0.15, -0.1) is 0 Å². The molecule has 0 bridgehead atoms. The Bertz CT molecular complexity index is 240. The highest BCUT2D eigenvalue weighted by Gasteiger charge is 2.14. The molecular weight excluding hydrogens is 164 g/mol. The van der Waals surface area contributed by atoms with Crippen LogP contribution in [0.1, 0.15) is 13.3 Å². The fraction of sp³-hybridized carbons (Fsp3) is 0.833. The first kappa shape index (κ1) is 10.4. The van der Waals surface area contributed by atoms with E-state index in [0.29, 0.717) is 6.42 Å². The Labute approximate surface area is 67.5 Å². The van der Waals surface area contributed by atoms with Crippen molar-refractivity contribution in [3.05, 3.63) is 0 Å². The third-order valence-corrected chi connectivity index (χ3v) is 3.23. The predicted molar refractivity (Wildman–Crippen MR) is 42.3 cm³/mol. The van der Waals surface area contributed by atoms with E-state index in [0.717, 1.165) is 4.31 Å². The van der Waals surface area contributed by atoms with Gasteiger partial charge in [0, 0.05) is 7.05 Å². The number of nitriles is 1. The molecule has 0 aliphatic rings. The highest BCUT2D eigenvalue weighted by Crippen LogP contribution is 1.98. The lowest BCUT2D eigenvalue weighted by Crippen LogP contribution is -2.29. The Morgan fingerprint density at radius 2 is 2.09 bits per heavy atom. The number of hydrogen-bond donors (Lipinski definition) is 0. The van der Waals surface area contributed by atoms with Crippen LogP contribution in [0.2, 0.25) is 0 Å². The first-order valence-electron chi connectivity index (χ1n) is 3.35. The highest BCUT2D eigenvalue weighted by molar-refractivity contribution is 7.89. The highest BCUT2D eigenvalue weighted by atomic mass is 32.2. The Balaban J connectivity index is 4.21. The van der Waals surface area contributed by atoms with Crippen LogP contribution in [0.4, 0.5) is 0 Å². The Morgan fingerprint density at radius 1 is 1.55 bits per heavy atom. The summed E-state index contributed by atoms with van der Waals surface area (Å²) < 4.78 is 23.3. The van der Waals surface area contributed by atoms with E-state index in [1.807, 2.05) is 0 Å². The van der Waals surface area contributed by atoms with Crippen molar-refractivity contribution in [3.63, 3.8) is 0 Å². The van der Waals surface area contributed by atoms with Gasteiger partial charge in [0.1, 0.15) is 6.54 Å². The molecule has 0 amide bonds. The van der Waals surface area contributed by atoms with Crippen molar-refractivity contribution in [2.75, 3.05) is 19.3 Å². The van der Waals surface area contributed by atoms with Crippen LogP contribution in [0.5, 0.6) is 0 Å². The average Bonchev–Trinajstić information content (AvgIpc) is 1.88. The predicted octanol–water partition coefficient (Wildman–Crippen LogP) is 0.182. The fourth-order valence-corrected chi connectivity index (χ4v) is 1.69. The van der Waals surface area contributed by atoms with Gasteiger partial charge in [-0.05, 0) is 6.42 Å². The molecule has 5 heteroatoms. The molecule has 0 saturated heterocycles. The van der Waals surface area contributed by atoms with Crippen LogP contribution in [-0.4, -0.2) is 32.1 Å². The maximum absolute atomic E-state index is 11.1. The SMILES string of the molecule is CCCS(=O)(=O)N(C)CC#N. The molecule has 0 aromatic rings. The molecule has 0 aliphatic carbocycles. The van der Waals surface area contributed by atoms with Crippen molar-refractivity contribution in [2.45, 2.75) is 13.3 Å². The van der Waals surface area contributed by atoms with Crippen LogP contribution in [-0.2, 0) is 10.0 Å². The van der Waals surface area contributed by atoms with E-state index >= 15 is 0 Å². The summed E-state index contributed by atoms with van der Waals surface area (Å²) in [6.45, 7) is 1.72. The maximum atomic E-state index is 11.1. The molecule has 0 N–H and O–H groups in total.